The molecule has 0 bridgehead atoms. The van der Waals surface area contributed by atoms with Crippen LogP contribution >= 0.6 is 11.8 Å². The molecule has 0 radical (unpaired) electrons. The monoisotopic (exact) mass is 830 g/mol. The number of hydrogen-bond acceptors (Lipinski definition) is 2. The fraction of sp³-hybridized carbons (Fsp3) is 0.0164. The molecule has 1 aliphatic heterocycles. The van der Waals surface area contributed by atoms with E-state index in [2.05, 4.69) is 240 Å². The minimum absolute atomic E-state index is 0.503. The van der Waals surface area contributed by atoms with Crippen LogP contribution in [-0.2, 0) is 5.41 Å². The lowest BCUT2D eigenvalue weighted by Gasteiger charge is -2.46. The van der Waals surface area contributed by atoms with E-state index in [9.17, 15) is 0 Å². The molecule has 14 rings (SSSR count). The molecule has 2 heterocycles. The second-order valence-electron chi connectivity index (χ2n) is 17.2. The molecule has 1 aliphatic carbocycles. The van der Waals surface area contributed by atoms with Gasteiger partial charge < -0.3 is 9.47 Å². The third-order valence-corrected chi connectivity index (χ3v) is 15.1. The first-order valence-electron chi connectivity index (χ1n) is 22.1. The molecule has 0 amide bonds. The first kappa shape index (κ1) is 35.7. The van der Waals surface area contributed by atoms with Crippen molar-refractivity contribution >= 4 is 82.9 Å². The highest BCUT2D eigenvalue weighted by Gasteiger charge is 2.48. The summed E-state index contributed by atoms with van der Waals surface area (Å²) in [5, 5.41) is 9.89. The molecule has 0 saturated heterocycles. The molecular weight excluding hydrogens is 793 g/mol. The van der Waals surface area contributed by atoms with Crippen molar-refractivity contribution in [1.82, 2.24) is 4.57 Å². The van der Waals surface area contributed by atoms with Crippen LogP contribution in [0.1, 0.15) is 22.3 Å². The molecule has 12 aromatic rings. The van der Waals surface area contributed by atoms with E-state index < -0.39 is 5.41 Å². The smallest absolute Gasteiger partial charge is 0.0735 e. The Kier molecular flexibility index (Phi) is 7.57. The zero-order valence-electron chi connectivity index (χ0n) is 34.7. The van der Waals surface area contributed by atoms with E-state index in [1.165, 1.54) is 97.3 Å². The molecule has 0 unspecified atom stereocenters. The van der Waals surface area contributed by atoms with Crippen LogP contribution in [0, 0.1) is 0 Å². The Balaban J connectivity index is 1.06. The van der Waals surface area contributed by atoms with Gasteiger partial charge in [0, 0.05) is 43.0 Å². The number of hydrogen-bond donors (Lipinski definition) is 0. The maximum Gasteiger partial charge on any atom is 0.0735 e. The first-order chi connectivity index (χ1) is 31.7. The molecule has 2 aliphatic rings. The van der Waals surface area contributed by atoms with Gasteiger partial charge in [-0.2, -0.15) is 0 Å². The van der Waals surface area contributed by atoms with Crippen LogP contribution in [0.25, 0.3) is 70.9 Å². The van der Waals surface area contributed by atoms with Crippen LogP contribution < -0.4 is 4.90 Å². The Labute approximate surface area is 375 Å². The van der Waals surface area contributed by atoms with Crippen LogP contribution in [0.3, 0.4) is 0 Å². The topological polar surface area (TPSA) is 8.17 Å². The number of rotatable bonds is 4. The number of nitrogens with zero attached hydrogens (tertiary/aromatic N) is 2. The van der Waals surface area contributed by atoms with Gasteiger partial charge in [-0.1, -0.05) is 176 Å². The van der Waals surface area contributed by atoms with Gasteiger partial charge in [-0.05, 0) is 127 Å². The van der Waals surface area contributed by atoms with E-state index >= 15 is 0 Å². The fourth-order valence-electron chi connectivity index (χ4n) is 11.3. The molecule has 0 saturated carbocycles. The summed E-state index contributed by atoms with van der Waals surface area (Å²) in [6.07, 6.45) is 0. The van der Waals surface area contributed by atoms with Gasteiger partial charge in [-0.25, -0.2) is 0 Å². The standard InChI is InChI=1S/C61H38N2S/c1-3-16-41-36-43(30-28-39(41)14-1)62(45-32-34-57-50(38-45)47-19-6-10-25-55(47)63(57)44-31-29-40-15-2-4-17-42(40)37-44)56-35-33-48-46-18-5-7-21-51(46)61(54-24-13-20-49(56)60(48)54)52-22-8-11-26-58(52)64-59-27-12-9-23-53(59)61/h1-38H. The van der Waals surface area contributed by atoms with Gasteiger partial charge in [-0.15, -0.1) is 0 Å². The maximum absolute atomic E-state index is 2.50. The second-order valence-corrected chi connectivity index (χ2v) is 18.3. The number of anilines is 3. The highest BCUT2D eigenvalue weighted by Crippen LogP contribution is 2.62. The van der Waals surface area contributed by atoms with E-state index in [0.29, 0.717) is 0 Å². The Morgan fingerprint density at radius 3 is 1.73 bits per heavy atom. The summed E-state index contributed by atoms with van der Waals surface area (Å²) < 4.78 is 2.43. The Bertz CT molecular complexity index is 3870. The SMILES string of the molecule is c1ccc2c(c1)Sc1ccccc1C21c2ccccc2-c2ccc(N(c3ccc4ccccc4c3)c3ccc4c(c3)c3ccccc3n4-c3ccc4ccccc4c3)c3cccc1c23. The van der Waals surface area contributed by atoms with E-state index in [1.807, 2.05) is 11.8 Å². The van der Waals surface area contributed by atoms with Crippen molar-refractivity contribution in [2.24, 2.45) is 0 Å². The van der Waals surface area contributed by atoms with Gasteiger partial charge >= 0.3 is 0 Å². The predicted octanol–water partition coefficient (Wildman–Crippen LogP) is 16.5. The molecule has 64 heavy (non-hydrogen) atoms. The molecule has 11 aromatic carbocycles. The molecular formula is C61H38N2S. The normalized spacial score (nSPS) is 13.4. The first-order valence-corrected chi connectivity index (χ1v) is 22.9. The Hall–Kier alpha value is -7.85. The van der Waals surface area contributed by atoms with E-state index in [4.69, 9.17) is 0 Å². The zero-order chi connectivity index (χ0) is 41.9. The van der Waals surface area contributed by atoms with Gasteiger partial charge in [0.1, 0.15) is 0 Å². The summed E-state index contributed by atoms with van der Waals surface area (Å²) in [5.41, 5.74) is 14.3. The molecule has 1 spiro atoms. The lowest BCUT2D eigenvalue weighted by atomic mass is 9.59. The molecule has 0 atom stereocenters. The Morgan fingerprint density at radius 2 is 0.938 bits per heavy atom. The summed E-state index contributed by atoms with van der Waals surface area (Å²) in [5.74, 6) is 0. The summed E-state index contributed by atoms with van der Waals surface area (Å²) in [7, 11) is 0. The van der Waals surface area contributed by atoms with Gasteiger partial charge in [0.15, 0.2) is 0 Å². The highest BCUT2D eigenvalue weighted by molar-refractivity contribution is 7.99. The maximum atomic E-state index is 2.50. The fourth-order valence-corrected chi connectivity index (χ4v) is 12.5. The molecule has 0 fully saturated rings. The second kappa shape index (κ2) is 13.6. The third-order valence-electron chi connectivity index (χ3n) is 14.0. The van der Waals surface area contributed by atoms with E-state index in [-0.39, 0.29) is 0 Å². The van der Waals surface area contributed by atoms with Crippen LogP contribution in [0.15, 0.2) is 240 Å². The summed E-state index contributed by atoms with van der Waals surface area (Å²) in [4.78, 5) is 5.12. The zero-order valence-corrected chi connectivity index (χ0v) is 35.6. The van der Waals surface area contributed by atoms with Crippen LogP contribution in [0.5, 0.6) is 0 Å². The molecule has 3 heteroatoms. The molecule has 0 N–H and O–H groups in total. The lowest BCUT2D eigenvalue weighted by molar-refractivity contribution is 0.707. The third kappa shape index (κ3) is 4.93. The van der Waals surface area contributed by atoms with E-state index in [1.54, 1.807) is 0 Å². The van der Waals surface area contributed by atoms with Gasteiger partial charge in [0.25, 0.3) is 0 Å². The van der Waals surface area contributed by atoms with Crippen LogP contribution in [-0.4, -0.2) is 4.57 Å². The van der Waals surface area contributed by atoms with Gasteiger partial charge in [0.05, 0.1) is 22.1 Å². The summed E-state index contributed by atoms with van der Waals surface area (Å²) in [6.45, 7) is 0. The minimum Gasteiger partial charge on any atom is -0.310 e. The number of benzene rings is 11. The van der Waals surface area contributed by atoms with Gasteiger partial charge in [0.2, 0.25) is 0 Å². The number of aromatic nitrogens is 1. The van der Waals surface area contributed by atoms with Gasteiger partial charge in [-0.3, -0.25) is 0 Å². The highest BCUT2D eigenvalue weighted by atomic mass is 32.2. The van der Waals surface area contributed by atoms with Crippen molar-refractivity contribution in [2.45, 2.75) is 15.2 Å². The van der Waals surface area contributed by atoms with Crippen molar-refractivity contribution in [3.63, 3.8) is 0 Å². The number of para-hydroxylation sites is 1. The van der Waals surface area contributed by atoms with Crippen molar-refractivity contribution in [2.75, 3.05) is 4.90 Å². The van der Waals surface area contributed by atoms with Crippen molar-refractivity contribution < 1.29 is 0 Å². The predicted molar refractivity (Wildman–Crippen MR) is 269 cm³/mol. The molecule has 2 nitrogen and oxygen atoms in total. The Morgan fingerprint density at radius 1 is 0.359 bits per heavy atom. The summed E-state index contributed by atoms with van der Waals surface area (Å²) in [6, 6.07) is 86.1. The number of fused-ring (bicyclic) bond motifs is 13. The average Bonchev–Trinajstić information content (AvgIpc) is 3.69. The van der Waals surface area contributed by atoms with Crippen LogP contribution in [0.4, 0.5) is 17.1 Å². The van der Waals surface area contributed by atoms with E-state index in [0.717, 1.165) is 22.7 Å². The average molecular weight is 831 g/mol. The minimum atomic E-state index is -0.503. The van der Waals surface area contributed by atoms with Crippen molar-refractivity contribution in [3.05, 3.63) is 253 Å². The quantitative estimate of drug-likeness (QED) is 0.175. The molecule has 298 valence electrons. The van der Waals surface area contributed by atoms with Crippen molar-refractivity contribution in [3.8, 4) is 16.8 Å². The van der Waals surface area contributed by atoms with Crippen LogP contribution in [0.2, 0.25) is 0 Å². The largest absolute Gasteiger partial charge is 0.310 e. The van der Waals surface area contributed by atoms with Crippen molar-refractivity contribution in [1.29, 1.82) is 0 Å². The lowest BCUT2D eigenvalue weighted by Crippen LogP contribution is -2.36. The summed E-state index contributed by atoms with van der Waals surface area (Å²) >= 11 is 1.89. The molecule has 1 aromatic heterocycles.